The van der Waals surface area contributed by atoms with Gasteiger partial charge in [-0.25, -0.2) is 4.39 Å². The molecule has 1 N–H and O–H groups in total. The molecule has 0 aromatic heterocycles. The Hall–Kier alpha value is -1.47. The van der Waals surface area contributed by atoms with Gasteiger partial charge in [-0.15, -0.1) is 24.8 Å². The number of hydrogen-bond donors (Lipinski definition) is 1. The molecule has 0 unspecified atom stereocenters. The second-order valence-electron chi connectivity index (χ2n) is 7.59. The number of likely N-dealkylation sites (tertiary alicyclic amines) is 1. The van der Waals surface area contributed by atoms with E-state index in [0.29, 0.717) is 12.6 Å². The third-order valence-corrected chi connectivity index (χ3v) is 6.37. The summed E-state index contributed by atoms with van der Waals surface area (Å²) in [5, 5.41) is 4.55. The number of benzene rings is 2. The Morgan fingerprint density at radius 3 is 2.55 bits per heavy atom. The molecule has 2 aromatic carbocycles. The number of ether oxygens (including phenoxy) is 1. The number of rotatable bonds is 7. The highest BCUT2D eigenvalue weighted by atomic mass is 35.5. The van der Waals surface area contributed by atoms with Crippen molar-refractivity contribution in [3.8, 4) is 5.75 Å². The van der Waals surface area contributed by atoms with Gasteiger partial charge in [0.2, 0.25) is 0 Å². The predicted molar refractivity (Wildman–Crippen MR) is 134 cm³/mol. The number of unbranched alkanes of at least 4 members (excludes halogenated alkanes) is 1. The first kappa shape index (κ1) is 25.8. The molecular formula is C23H30Cl2FN3OS. The monoisotopic (exact) mass is 485 g/mol. The average Bonchev–Trinajstić information content (AvgIpc) is 2.76. The third kappa shape index (κ3) is 7.86. The molecule has 2 heterocycles. The Kier molecular flexibility index (Phi) is 10.9. The number of thioether (sulfide) groups is 1. The molecule has 4 rings (SSSR count). The maximum atomic E-state index is 12.9. The maximum Gasteiger partial charge on any atom is 0.161 e. The topological polar surface area (TPSA) is 36.9 Å². The number of hydrogen-bond acceptors (Lipinski definition) is 4. The Morgan fingerprint density at radius 1 is 1.03 bits per heavy atom. The minimum Gasteiger partial charge on any atom is -0.494 e. The van der Waals surface area contributed by atoms with Gasteiger partial charge < -0.3 is 15.0 Å². The Balaban J connectivity index is 0.00000171. The van der Waals surface area contributed by atoms with Crippen molar-refractivity contribution in [1.29, 1.82) is 0 Å². The highest BCUT2D eigenvalue weighted by Gasteiger charge is 2.20. The molecule has 0 spiro atoms. The molecule has 0 atom stereocenters. The van der Waals surface area contributed by atoms with Crippen LogP contribution in [0.25, 0.3) is 0 Å². The summed E-state index contributed by atoms with van der Waals surface area (Å²) in [6, 6.07) is 15.1. The predicted octanol–water partition coefficient (Wildman–Crippen LogP) is 6.01. The van der Waals surface area contributed by atoms with E-state index in [2.05, 4.69) is 34.5 Å². The van der Waals surface area contributed by atoms with E-state index < -0.39 is 0 Å². The van der Waals surface area contributed by atoms with E-state index >= 15 is 0 Å². The van der Waals surface area contributed by atoms with E-state index in [4.69, 9.17) is 9.73 Å². The van der Waals surface area contributed by atoms with Crippen molar-refractivity contribution in [2.24, 2.45) is 4.99 Å². The van der Waals surface area contributed by atoms with Gasteiger partial charge in [0.25, 0.3) is 0 Å². The summed E-state index contributed by atoms with van der Waals surface area (Å²) < 4.78 is 18.5. The highest BCUT2D eigenvalue weighted by Crippen LogP contribution is 2.29. The molecule has 4 nitrogen and oxygen atoms in total. The molecular weight excluding hydrogens is 456 g/mol. The van der Waals surface area contributed by atoms with Crippen LogP contribution < -0.4 is 10.1 Å². The molecule has 8 heteroatoms. The minimum absolute atomic E-state index is 0. The van der Waals surface area contributed by atoms with Crippen LogP contribution in [0, 0.1) is 5.82 Å². The standard InChI is InChI=1S/C23H28FN3OS.2ClH/c24-19-7-9-21(10-8-19)28-16-4-3-13-27-14-11-20(12-15-27)25-23-26-22-6-2-1-5-18(22)17-29-23;;/h1-2,5-10,20H,3-4,11-17H2,(H,25,26);2*1H. The summed E-state index contributed by atoms with van der Waals surface area (Å²) in [4.78, 5) is 7.51. The Bertz CT molecular complexity index is 830. The average molecular weight is 486 g/mol. The molecule has 2 aromatic rings. The van der Waals surface area contributed by atoms with Crippen LogP contribution in [0.3, 0.4) is 0 Å². The second kappa shape index (κ2) is 13.2. The highest BCUT2D eigenvalue weighted by molar-refractivity contribution is 8.13. The van der Waals surface area contributed by atoms with Crippen LogP contribution in [0.15, 0.2) is 53.5 Å². The smallest absolute Gasteiger partial charge is 0.161 e. The minimum atomic E-state index is -0.228. The van der Waals surface area contributed by atoms with Crippen molar-refractivity contribution < 1.29 is 9.13 Å². The van der Waals surface area contributed by atoms with Gasteiger partial charge >= 0.3 is 0 Å². The van der Waals surface area contributed by atoms with Gasteiger partial charge in [0.05, 0.1) is 12.6 Å². The number of aliphatic imine (C=N–C) groups is 1. The fourth-order valence-corrected chi connectivity index (χ4v) is 4.68. The molecule has 2 aliphatic heterocycles. The lowest BCUT2D eigenvalue weighted by molar-refractivity contribution is 0.203. The van der Waals surface area contributed by atoms with Crippen molar-refractivity contribution in [1.82, 2.24) is 4.90 Å². The normalized spacial score (nSPS) is 17.8. The largest absolute Gasteiger partial charge is 0.494 e. The van der Waals surface area contributed by atoms with E-state index in [1.54, 1.807) is 12.1 Å². The number of amidine groups is 1. The fraction of sp³-hybridized carbons (Fsp3) is 0.435. The van der Waals surface area contributed by atoms with E-state index in [1.165, 1.54) is 23.4 Å². The van der Waals surface area contributed by atoms with Crippen molar-refractivity contribution in [3.05, 3.63) is 59.9 Å². The molecule has 0 amide bonds. The first-order valence-electron chi connectivity index (χ1n) is 10.4. The molecule has 0 radical (unpaired) electrons. The van der Waals surface area contributed by atoms with E-state index in [-0.39, 0.29) is 30.6 Å². The molecule has 0 saturated carbocycles. The van der Waals surface area contributed by atoms with Gasteiger partial charge in [0.1, 0.15) is 11.6 Å². The van der Waals surface area contributed by atoms with Crippen LogP contribution >= 0.6 is 36.6 Å². The zero-order chi connectivity index (χ0) is 19.9. The zero-order valence-electron chi connectivity index (χ0n) is 17.5. The van der Waals surface area contributed by atoms with Gasteiger partial charge in [-0.1, -0.05) is 30.0 Å². The summed E-state index contributed by atoms with van der Waals surface area (Å²) >= 11 is 1.81. The summed E-state index contributed by atoms with van der Waals surface area (Å²) in [7, 11) is 0. The van der Waals surface area contributed by atoms with Crippen LogP contribution in [-0.2, 0) is 5.75 Å². The van der Waals surface area contributed by atoms with Gasteiger partial charge in [-0.05, 0) is 68.1 Å². The summed E-state index contributed by atoms with van der Waals surface area (Å²) in [5.41, 5.74) is 2.56. The molecule has 31 heavy (non-hydrogen) atoms. The van der Waals surface area contributed by atoms with Crippen LogP contribution in [0.4, 0.5) is 10.1 Å². The van der Waals surface area contributed by atoms with Crippen LogP contribution in [0.1, 0.15) is 31.2 Å². The first-order valence-corrected chi connectivity index (χ1v) is 11.4. The lowest BCUT2D eigenvalue weighted by Crippen LogP contribution is -2.36. The molecule has 0 aliphatic carbocycles. The van der Waals surface area contributed by atoms with E-state index in [9.17, 15) is 4.39 Å². The maximum absolute atomic E-state index is 12.9. The van der Waals surface area contributed by atoms with Gasteiger partial charge in [0, 0.05) is 24.5 Å². The summed E-state index contributed by atoms with van der Waals surface area (Å²) in [5.74, 6) is 1.51. The number of anilines is 1. The summed E-state index contributed by atoms with van der Waals surface area (Å²) in [6.45, 7) is 4.01. The van der Waals surface area contributed by atoms with Crippen LogP contribution in [0.2, 0.25) is 0 Å². The number of piperidine rings is 1. The van der Waals surface area contributed by atoms with Gasteiger partial charge in [0.15, 0.2) is 5.17 Å². The third-order valence-electron chi connectivity index (χ3n) is 5.43. The quantitative estimate of drug-likeness (QED) is 0.487. The Morgan fingerprint density at radius 2 is 1.77 bits per heavy atom. The number of fused-ring (bicyclic) bond motifs is 1. The SMILES string of the molecule is Cl.Cl.Fc1ccc(OCCCCN2CCC(N=C3Nc4ccccc4CS3)CC2)cc1. The van der Waals surface area contributed by atoms with Crippen LogP contribution in [0.5, 0.6) is 5.75 Å². The second-order valence-corrected chi connectivity index (χ2v) is 8.55. The number of nitrogens with zero attached hydrogens (tertiary/aromatic N) is 2. The van der Waals surface area contributed by atoms with E-state index in [0.717, 1.165) is 62.0 Å². The molecule has 0 bridgehead atoms. The van der Waals surface area contributed by atoms with E-state index in [1.807, 2.05) is 11.8 Å². The first-order chi connectivity index (χ1) is 14.3. The fourth-order valence-electron chi connectivity index (χ4n) is 3.73. The zero-order valence-corrected chi connectivity index (χ0v) is 19.9. The number of nitrogens with one attached hydrogen (secondary N) is 1. The lowest BCUT2D eigenvalue weighted by atomic mass is 10.1. The number of para-hydroxylation sites is 1. The number of halogens is 3. The van der Waals surface area contributed by atoms with Crippen molar-refractivity contribution in [3.63, 3.8) is 0 Å². The van der Waals surface area contributed by atoms with Crippen molar-refractivity contribution in [2.75, 3.05) is 31.6 Å². The van der Waals surface area contributed by atoms with Gasteiger partial charge in [-0.3, -0.25) is 4.99 Å². The van der Waals surface area contributed by atoms with Crippen molar-refractivity contribution >= 4 is 47.4 Å². The molecule has 170 valence electrons. The van der Waals surface area contributed by atoms with Gasteiger partial charge in [-0.2, -0.15) is 0 Å². The van der Waals surface area contributed by atoms with Crippen LogP contribution in [-0.4, -0.2) is 42.4 Å². The molecule has 1 saturated heterocycles. The molecule has 2 aliphatic rings. The lowest BCUT2D eigenvalue weighted by Gasteiger charge is -2.31. The summed E-state index contributed by atoms with van der Waals surface area (Å²) in [6.07, 6.45) is 4.38. The Labute approximate surface area is 200 Å². The van der Waals surface area contributed by atoms with Crippen molar-refractivity contribution in [2.45, 2.75) is 37.5 Å². The molecule has 1 fully saturated rings.